The van der Waals surface area contributed by atoms with Crippen molar-refractivity contribution in [2.75, 3.05) is 0 Å². The standard InChI is InChI=1S/C9H6N4/c1-3-10-5-8-9-6(1)12-13-7(9)2-4-11-8/h1-5,11H. The molecule has 62 valence electrons. The van der Waals surface area contributed by atoms with Crippen molar-refractivity contribution < 1.29 is 0 Å². The van der Waals surface area contributed by atoms with Crippen LogP contribution in [0, 0.1) is 0 Å². The highest BCUT2D eigenvalue weighted by Crippen LogP contribution is 2.19. The van der Waals surface area contributed by atoms with E-state index in [0.717, 1.165) is 21.9 Å². The average Bonchev–Trinajstić information content (AvgIpc) is 2.44. The molecule has 4 heteroatoms. The Morgan fingerprint density at radius 3 is 2.85 bits per heavy atom. The normalized spacial score (nSPS) is 11.1. The van der Waals surface area contributed by atoms with Crippen LogP contribution in [0.1, 0.15) is 0 Å². The van der Waals surface area contributed by atoms with Crippen LogP contribution in [-0.2, 0) is 0 Å². The second kappa shape index (κ2) is 2.26. The largest absolute Gasteiger partial charge is 0.360 e. The number of pyridine rings is 1. The molecule has 3 aromatic heterocycles. The maximum atomic E-state index is 4.08. The number of aromatic nitrogens is 4. The smallest absolute Gasteiger partial charge is 0.0988 e. The van der Waals surface area contributed by atoms with E-state index in [1.807, 2.05) is 18.3 Å². The molecule has 0 saturated carbocycles. The molecule has 0 aromatic carbocycles. The molecule has 1 N–H and O–H groups in total. The van der Waals surface area contributed by atoms with E-state index in [1.165, 1.54) is 0 Å². The van der Waals surface area contributed by atoms with Gasteiger partial charge in [-0.05, 0) is 12.1 Å². The van der Waals surface area contributed by atoms with E-state index in [0.29, 0.717) is 0 Å². The van der Waals surface area contributed by atoms with Crippen LogP contribution in [0.2, 0.25) is 0 Å². The third-order valence-electron chi connectivity index (χ3n) is 2.05. The minimum atomic E-state index is 0.874. The van der Waals surface area contributed by atoms with Gasteiger partial charge in [0, 0.05) is 12.4 Å². The van der Waals surface area contributed by atoms with Crippen LogP contribution in [0.4, 0.5) is 0 Å². The molecule has 3 aromatic rings. The number of rotatable bonds is 0. The maximum Gasteiger partial charge on any atom is 0.0988 e. The van der Waals surface area contributed by atoms with E-state index in [2.05, 4.69) is 20.2 Å². The monoisotopic (exact) mass is 170 g/mol. The Hall–Kier alpha value is -1.97. The summed E-state index contributed by atoms with van der Waals surface area (Å²) in [6, 6.07) is 3.76. The van der Waals surface area contributed by atoms with Crippen molar-refractivity contribution in [2.24, 2.45) is 0 Å². The molecular weight excluding hydrogens is 164 g/mol. The molecule has 3 heterocycles. The van der Waals surface area contributed by atoms with Crippen LogP contribution in [0.15, 0.2) is 30.7 Å². The third-order valence-corrected chi connectivity index (χ3v) is 2.05. The average molecular weight is 170 g/mol. The Morgan fingerprint density at radius 2 is 1.92 bits per heavy atom. The van der Waals surface area contributed by atoms with Crippen molar-refractivity contribution in [3.8, 4) is 0 Å². The highest BCUT2D eigenvalue weighted by atomic mass is 15.1. The molecule has 0 unspecified atom stereocenters. The Balaban J connectivity index is 2.75. The highest BCUT2D eigenvalue weighted by Gasteiger charge is 2.03. The van der Waals surface area contributed by atoms with Gasteiger partial charge in [-0.25, -0.2) is 0 Å². The predicted molar refractivity (Wildman–Crippen MR) is 49.2 cm³/mol. The van der Waals surface area contributed by atoms with E-state index >= 15 is 0 Å². The predicted octanol–water partition coefficient (Wildman–Crippen LogP) is 1.51. The molecule has 13 heavy (non-hydrogen) atoms. The molecule has 0 spiro atoms. The van der Waals surface area contributed by atoms with Gasteiger partial charge in [0.25, 0.3) is 0 Å². The molecule has 0 saturated heterocycles. The van der Waals surface area contributed by atoms with Gasteiger partial charge in [-0.3, -0.25) is 4.98 Å². The van der Waals surface area contributed by atoms with E-state index in [1.54, 1.807) is 12.4 Å². The van der Waals surface area contributed by atoms with Gasteiger partial charge in [0.2, 0.25) is 0 Å². The molecule has 0 radical (unpaired) electrons. The molecule has 0 aliphatic rings. The number of nitrogens with one attached hydrogen (secondary N) is 1. The molecular formula is C9H6N4. The van der Waals surface area contributed by atoms with E-state index in [9.17, 15) is 0 Å². The molecule has 0 aliphatic heterocycles. The van der Waals surface area contributed by atoms with E-state index in [-0.39, 0.29) is 0 Å². The molecule has 0 bridgehead atoms. The number of aromatic amines is 1. The van der Waals surface area contributed by atoms with Crippen molar-refractivity contribution in [3.05, 3.63) is 30.7 Å². The van der Waals surface area contributed by atoms with Gasteiger partial charge in [0.15, 0.2) is 0 Å². The first kappa shape index (κ1) is 6.54. The lowest BCUT2D eigenvalue weighted by Gasteiger charge is -1.89. The Morgan fingerprint density at radius 1 is 1.08 bits per heavy atom. The summed E-state index contributed by atoms with van der Waals surface area (Å²) in [7, 11) is 0. The van der Waals surface area contributed by atoms with Crippen LogP contribution < -0.4 is 0 Å². The van der Waals surface area contributed by atoms with Crippen molar-refractivity contribution in [1.82, 2.24) is 20.2 Å². The second-order valence-electron chi connectivity index (χ2n) is 2.83. The summed E-state index contributed by atoms with van der Waals surface area (Å²) in [6.07, 6.45) is 5.34. The number of nitrogens with zero attached hydrogens (tertiary/aromatic N) is 3. The minimum Gasteiger partial charge on any atom is -0.360 e. The molecule has 4 nitrogen and oxygen atoms in total. The maximum absolute atomic E-state index is 4.08. The Bertz CT molecular complexity index is 570. The first-order valence-electron chi connectivity index (χ1n) is 3.98. The third kappa shape index (κ3) is 0.823. The van der Waals surface area contributed by atoms with Crippen molar-refractivity contribution in [1.29, 1.82) is 0 Å². The fourth-order valence-corrected chi connectivity index (χ4v) is 1.46. The topological polar surface area (TPSA) is 54.5 Å². The Labute approximate surface area is 73.6 Å². The van der Waals surface area contributed by atoms with Gasteiger partial charge in [-0.2, -0.15) is 0 Å². The summed E-state index contributed by atoms with van der Waals surface area (Å²) in [4.78, 5) is 7.19. The number of H-pyrrole nitrogens is 1. The van der Waals surface area contributed by atoms with E-state index in [4.69, 9.17) is 0 Å². The van der Waals surface area contributed by atoms with Crippen LogP contribution >= 0.6 is 0 Å². The second-order valence-corrected chi connectivity index (χ2v) is 2.83. The molecule has 3 rings (SSSR count). The van der Waals surface area contributed by atoms with Crippen LogP contribution in [0.3, 0.4) is 0 Å². The minimum absolute atomic E-state index is 0.874. The first-order valence-corrected chi connectivity index (χ1v) is 3.98. The lowest BCUT2D eigenvalue weighted by molar-refractivity contribution is 1.15. The summed E-state index contributed by atoms with van der Waals surface area (Å²) in [5.41, 5.74) is 2.74. The summed E-state index contributed by atoms with van der Waals surface area (Å²) < 4.78 is 0. The van der Waals surface area contributed by atoms with E-state index < -0.39 is 0 Å². The van der Waals surface area contributed by atoms with Gasteiger partial charge >= 0.3 is 0 Å². The zero-order chi connectivity index (χ0) is 8.67. The van der Waals surface area contributed by atoms with Gasteiger partial charge in [-0.15, -0.1) is 10.2 Å². The molecule has 0 aliphatic carbocycles. The van der Waals surface area contributed by atoms with Crippen molar-refractivity contribution in [2.45, 2.75) is 0 Å². The summed E-state index contributed by atoms with van der Waals surface area (Å²) >= 11 is 0. The van der Waals surface area contributed by atoms with Crippen LogP contribution in [-0.4, -0.2) is 20.2 Å². The number of hydrogen-bond acceptors (Lipinski definition) is 3. The number of hydrogen-bond donors (Lipinski definition) is 1. The lowest BCUT2D eigenvalue weighted by atomic mass is 10.2. The van der Waals surface area contributed by atoms with Gasteiger partial charge in [0.1, 0.15) is 0 Å². The summed E-state index contributed by atoms with van der Waals surface area (Å²) in [5, 5.41) is 9.14. The summed E-state index contributed by atoms with van der Waals surface area (Å²) in [5.74, 6) is 0. The van der Waals surface area contributed by atoms with Gasteiger partial charge < -0.3 is 4.98 Å². The molecule has 0 atom stereocenters. The van der Waals surface area contributed by atoms with Crippen LogP contribution in [0.5, 0.6) is 0 Å². The Kier molecular flexibility index (Phi) is 1.14. The fourth-order valence-electron chi connectivity index (χ4n) is 1.46. The molecule has 0 amide bonds. The molecule has 0 fully saturated rings. The first-order chi connectivity index (χ1) is 6.45. The van der Waals surface area contributed by atoms with Crippen molar-refractivity contribution >= 4 is 21.9 Å². The fraction of sp³-hybridized carbons (Fsp3) is 0. The van der Waals surface area contributed by atoms with Crippen molar-refractivity contribution in [3.63, 3.8) is 0 Å². The SMILES string of the molecule is c1cc2nnc3cc[nH]c(cn1)c23. The zero-order valence-corrected chi connectivity index (χ0v) is 6.73. The highest BCUT2D eigenvalue weighted by molar-refractivity contribution is 6.04. The van der Waals surface area contributed by atoms with Crippen LogP contribution in [0.25, 0.3) is 21.9 Å². The van der Waals surface area contributed by atoms with Gasteiger partial charge in [-0.1, -0.05) is 0 Å². The quantitative estimate of drug-likeness (QED) is 0.556. The zero-order valence-electron chi connectivity index (χ0n) is 6.73. The summed E-state index contributed by atoms with van der Waals surface area (Å²) in [6.45, 7) is 0. The lowest BCUT2D eigenvalue weighted by Crippen LogP contribution is -1.74. The van der Waals surface area contributed by atoms with Gasteiger partial charge in [0.05, 0.1) is 28.1 Å².